The van der Waals surface area contributed by atoms with E-state index in [1.54, 1.807) is 19.2 Å². The van der Waals surface area contributed by atoms with Crippen LogP contribution in [-0.2, 0) is 6.42 Å². The Morgan fingerprint density at radius 3 is 3.00 bits per heavy atom. The molecule has 0 unspecified atom stereocenters. The van der Waals surface area contributed by atoms with Crippen LogP contribution in [0.5, 0.6) is 0 Å². The van der Waals surface area contributed by atoms with Crippen LogP contribution in [0.1, 0.15) is 17.4 Å². The lowest BCUT2D eigenvalue weighted by Crippen LogP contribution is -2.14. The molecule has 0 aliphatic rings. The summed E-state index contributed by atoms with van der Waals surface area (Å²) < 4.78 is 4.86. The molecule has 2 aromatic rings. The molecule has 2 aromatic heterocycles. The molecule has 0 radical (unpaired) electrons. The third-order valence-corrected chi connectivity index (χ3v) is 2.32. The first-order valence-electron chi connectivity index (χ1n) is 5.31. The van der Waals surface area contributed by atoms with E-state index >= 15 is 0 Å². The Labute approximate surface area is 109 Å². The summed E-state index contributed by atoms with van der Waals surface area (Å²) in [6.45, 7) is 2.35. The van der Waals surface area contributed by atoms with Gasteiger partial charge in [-0.2, -0.15) is 4.98 Å². The van der Waals surface area contributed by atoms with Crippen LogP contribution in [0.25, 0.3) is 0 Å². The predicted molar refractivity (Wildman–Crippen MR) is 69.1 cm³/mol. The highest BCUT2D eigenvalue weighted by Gasteiger charge is 2.04. The molecule has 94 valence electrons. The molecule has 0 spiro atoms. The van der Waals surface area contributed by atoms with E-state index < -0.39 is 0 Å². The fourth-order valence-electron chi connectivity index (χ4n) is 1.31. The first-order chi connectivity index (χ1) is 8.65. The third-order valence-electron chi connectivity index (χ3n) is 2.11. The van der Waals surface area contributed by atoms with Gasteiger partial charge in [-0.3, -0.25) is 0 Å². The lowest BCUT2D eigenvalue weighted by Gasteiger charge is -2.03. The normalized spacial score (nSPS) is 10.3. The zero-order valence-electron chi connectivity index (χ0n) is 9.75. The van der Waals surface area contributed by atoms with Gasteiger partial charge in [0.2, 0.25) is 11.8 Å². The quantitative estimate of drug-likeness (QED) is 0.751. The molecule has 0 aliphatic carbocycles. The fourth-order valence-corrected chi connectivity index (χ4v) is 1.42. The molecule has 0 saturated carbocycles. The van der Waals surface area contributed by atoms with E-state index in [1.165, 1.54) is 0 Å². The van der Waals surface area contributed by atoms with E-state index in [1.807, 2.05) is 0 Å². The van der Waals surface area contributed by atoms with Crippen molar-refractivity contribution in [3.05, 3.63) is 29.7 Å². The van der Waals surface area contributed by atoms with E-state index in [-0.39, 0.29) is 4.99 Å². The van der Waals surface area contributed by atoms with E-state index in [4.69, 9.17) is 22.5 Å². The number of rotatable bonds is 5. The second-order valence-corrected chi connectivity index (χ2v) is 3.98. The van der Waals surface area contributed by atoms with Crippen molar-refractivity contribution >= 4 is 23.2 Å². The summed E-state index contributed by atoms with van der Waals surface area (Å²) in [5.41, 5.74) is 6.03. The van der Waals surface area contributed by atoms with E-state index in [2.05, 4.69) is 25.4 Å². The molecule has 0 saturated heterocycles. The topological polar surface area (TPSA) is 103 Å². The minimum absolute atomic E-state index is 0.245. The predicted octanol–water partition coefficient (Wildman–Crippen LogP) is 0.457. The Morgan fingerprint density at radius 2 is 2.33 bits per heavy atom. The molecule has 0 bridgehead atoms. The summed E-state index contributed by atoms with van der Waals surface area (Å²) in [6.07, 6.45) is 2.22. The molecule has 2 heterocycles. The number of hydrogen-bond donors (Lipinski definition) is 2. The number of nitrogens with zero attached hydrogens (tertiary/aromatic N) is 4. The first-order valence-corrected chi connectivity index (χ1v) is 5.72. The minimum atomic E-state index is 0.245. The number of anilines is 1. The number of thiocarbonyl (C=S) groups is 1. The standard InChI is InChI=1S/C10H12N6OS/c1-6-14-8(16-17-6)3-5-13-10-12-4-2-7(15-10)9(11)18/h2,4H,3,5H2,1H3,(H2,11,18)(H,12,13,15). The Morgan fingerprint density at radius 1 is 1.50 bits per heavy atom. The zero-order chi connectivity index (χ0) is 13.0. The highest BCUT2D eigenvalue weighted by Crippen LogP contribution is 2.01. The number of nitrogens with two attached hydrogens (primary N) is 1. The van der Waals surface area contributed by atoms with Crippen LogP contribution >= 0.6 is 12.2 Å². The molecular formula is C10H12N6OS. The van der Waals surface area contributed by atoms with Crippen LogP contribution in [-0.4, -0.2) is 31.6 Å². The average molecular weight is 264 g/mol. The zero-order valence-corrected chi connectivity index (χ0v) is 10.6. The monoisotopic (exact) mass is 264 g/mol. The summed E-state index contributed by atoms with van der Waals surface area (Å²) in [5.74, 6) is 1.67. The molecular weight excluding hydrogens is 252 g/mol. The SMILES string of the molecule is Cc1nc(CCNc2nccc(C(N)=S)n2)no1. The van der Waals surface area contributed by atoms with Crippen molar-refractivity contribution in [2.45, 2.75) is 13.3 Å². The maximum atomic E-state index is 5.49. The molecule has 7 nitrogen and oxygen atoms in total. The molecule has 0 amide bonds. The summed E-state index contributed by atoms with van der Waals surface area (Å²) in [6, 6.07) is 1.66. The lowest BCUT2D eigenvalue weighted by molar-refractivity contribution is 0.387. The van der Waals surface area contributed by atoms with Crippen molar-refractivity contribution in [1.29, 1.82) is 0 Å². The molecule has 8 heteroatoms. The summed E-state index contributed by atoms with van der Waals surface area (Å²) in [7, 11) is 0. The van der Waals surface area contributed by atoms with Gasteiger partial charge in [-0.25, -0.2) is 9.97 Å². The van der Waals surface area contributed by atoms with Crippen molar-refractivity contribution in [3.8, 4) is 0 Å². The Balaban J connectivity index is 1.90. The highest BCUT2D eigenvalue weighted by molar-refractivity contribution is 7.80. The molecule has 18 heavy (non-hydrogen) atoms. The van der Waals surface area contributed by atoms with Gasteiger partial charge in [0.25, 0.3) is 0 Å². The van der Waals surface area contributed by atoms with Gasteiger partial charge in [0.1, 0.15) is 10.7 Å². The Kier molecular flexibility index (Phi) is 3.78. The van der Waals surface area contributed by atoms with Gasteiger partial charge in [0, 0.05) is 26.1 Å². The van der Waals surface area contributed by atoms with Crippen LogP contribution < -0.4 is 11.1 Å². The molecule has 0 fully saturated rings. The van der Waals surface area contributed by atoms with Crippen LogP contribution in [0, 0.1) is 6.92 Å². The van der Waals surface area contributed by atoms with Gasteiger partial charge >= 0.3 is 0 Å². The van der Waals surface area contributed by atoms with Crippen molar-refractivity contribution in [3.63, 3.8) is 0 Å². The Bertz CT molecular complexity index is 555. The largest absolute Gasteiger partial charge is 0.388 e. The summed E-state index contributed by atoms with van der Waals surface area (Å²) in [4.78, 5) is 12.5. The summed E-state index contributed by atoms with van der Waals surface area (Å²) >= 11 is 4.84. The molecule has 2 rings (SSSR count). The second kappa shape index (κ2) is 5.50. The van der Waals surface area contributed by atoms with Gasteiger partial charge < -0.3 is 15.6 Å². The molecule has 0 atom stereocenters. The number of aromatic nitrogens is 4. The average Bonchev–Trinajstić information content (AvgIpc) is 2.75. The molecule has 0 aromatic carbocycles. The van der Waals surface area contributed by atoms with Gasteiger partial charge in [-0.1, -0.05) is 17.4 Å². The van der Waals surface area contributed by atoms with Crippen molar-refractivity contribution < 1.29 is 4.52 Å². The van der Waals surface area contributed by atoms with Gasteiger partial charge in [0.15, 0.2) is 5.82 Å². The maximum Gasteiger partial charge on any atom is 0.223 e. The second-order valence-electron chi connectivity index (χ2n) is 3.54. The number of aryl methyl sites for hydroxylation is 1. The lowest BCUT2D eigenvalue weighted by atomic mass is 10.4. The van der Waals surface area contributed by atoms with Gasteiger partial charge in [-0.15, -0.1) is 0 Å². The highest BCUT2D eigenvalue weighted by atomic mass is 32.1. The van der Waals surface area contributed by atoms with Gasteiger partial charge in [0.05, 0.1) is 0 Å². The first kappa shape index (κ1) is 12.4. The van der Waals surface area contributed by atoms with Crippen molar-refractivity contribution in [1.82, 2.24) is 20.1 Å². The van der Waals surface area contributed by atoms with Crippen molar-refractivity contribution in [2.24, 2.45) is 5.73 Å². The van der Waals surface area contributed by atoms with Crippen LogP contribution in [0.3, 0.4) is 0 Å². The van der Waals surface area contributed by atoms with E-state index in [0.29, 0.717) is 36.3 Å². The minimum Gasteiger partial charge on any atom is -0.388 e. The third kappa shape index (κ3) is 3.20. The van der Waals surface area contributed by atoms with E-state index in [9.17, 15) is 0 Å². The molecule has 0 aliphatic heterocycles. The van der Waals surface area contributed by atoms with Crippen LogP contribution in [0.15, 0.2) is 16.8 Å². The van der Waals surface area contributed by atoms with E-state index in [0.717, 1.165) is 0 Å². The van der Waals surface area contributed by atoms with Crippen LogP contribution in [0.2, 0.25) is 0 Å². The number of hydrogen-bond acceptors (Lipinski definition) is 7. The Hall–Kier alpha value is -2.09. The maximum absolute atomic E-state index is 5.49. The summed E-state index contributed by atoms with van der Waals surface area (Å²) in [5, 5.41) is 6.82. The number of nitrogens with one attached hydrogen (secondary N) is 1. The van der Waals surface area contributed by atoms with Crippen molar-refractivity contribution in [2.75, 3.05) is 11.9 Å². The molecule has 3 N–H and O–H groups in total. The fraction of sp³-hybridized carbons (Fsp3) is 0.300. The smallest absolute Gasteiger partial charge is 0.223 e. The van der Waals surface area contributed by atoms with Gasteiger partial charge in [-0.05, 0) is 6.07 Å². The van der Waals surface area contributed by atoms with Crippen LogP contribution in [0.4, 0.5) is 5.95 Å².